The molecule has 0 bridgehead atoms. The van der Waals surface area contributed by atoms with E-state index in [-0.39, 0.29) is 24.6 Å². The van der Waals surface area contributed by atoms with Gasteiger partial charge in [0, 0.05) is 24.6 Å². The number of anilines is 1. The SMILES string of the molecule is NS(=O)(=O)CC1CC(=O)N(c2ccc(C(F)(F)F)cc2)C1. The zero-order valence-electron chi connectivity index (χ0n) is 10.8. The summed E-state index contributed by atoms with van der Waals surface area (Å²) >= 11 is 0. The summed E-state index contributed by atoms with van der Waals surface area (Å²) in [6.07, 6.45) is -4.43. The molecule has 9 heteroatoms. The Morgan fingerprint density at radius 1 is 1.24 bits per heavy atom. The van der Waals surface area contributed by atoms with Crippen LogP contribution in [0.25, 0.3) is 0 Å². The first-order valence-electron chi connectivity index (χ1n) is 6.04. The maximum Gasteiger partial charge on any atom is 0.416 e. The fraction of sp³-hybridized carbons (Fsp3) is 0.417. The lowest BCUT2D eigenvalue weighted by atomic mass is 10.1. The standard InChI is InChI=1S/C12H13F3N2O3S/c13-12(14,15)9-1-3-10(4-2-9)17-6-8(5-11(17)18)7-21(16,19)20/h1-4,8H,5-7H2,(H2,16,19,20). The molecule has 1 heterocycles. The van der Waals surface area contributed by atoms with Crippen LogP contribution in [-0.2, 0) is 21.0 Å². The van der Waals surface area contributed by atoms with Crippen LogP contribution in [0.5, 0.6) is 0 Å². The number of carbonyl (C=O) groups is 1. The number of hydrogen-bond donors (Lipinski definition) is 1. The molecule has 2 rings (SSSR count). The van der Waals surface area contributed by atoms with Gasteiger partial charge in [0.05, 0.1) is 11.3 Å². The van der Waals surface area contributed by atoms with Crippen molar-refractivity contribution in [2.75, 3.05) is 17.2 Å². The van der Waals surface area contributed by atoms with Crippen LogP contribution in [0.1, 0.15) is 12.0 Å². The largest absolute Gasteiger partial charge is 0.416 e. The quantitative estimate of drug-likeness (QED) is 0.912. The van der Waals surface area contributed by atoms with Crippen molar-refractivity contribution < 1.29 is 26.4 Å². The van der Waals surface area contributed by atoms with Crippen LogP contribution in [0.2, 0.25) is 0 Å². The number of benzene rings is 1. The van der Waals surface area contributed by atoms with Gasteiger partial charge >= 0.3 is 6.18 Å². The zero-order valence-corrected chi connectivity index (χ0v) is 11.6. The minimum absolute atomic E-state index is 0.0114. The maximum absolute atomic E-state index is 12.5. The fourth-order valence-corrected chi connectivity index (χ4v) is 3.18. The van der Waals surface area contributed by atoms with Crippen molar-refractivity contribution >= 4 is 21.6 Å². The summed E-state index contributed by atoms with van der Waals surface area (Å²) in [5, 5.41) is 4.93. The molecule has 1 atom stereocenters. The van der Waals surface area contributed by atoms with Gasteiger partial charge in [0.2, 0.25) is 15.9 Å². The van der Waals surface area contributed by atoms with E-state index in [0.717, 1.165) is 12.1 Å². The molecule has 1 aromatic carbocycles. The van der Waals surface area contributed by atoms with E-state index < -0.39 is 27.7 Å². The van der Waals surface area contributed by atoms with Crippen LogP contribution >= 0.6 is 0 Å². The smallest absolute Gasteiger partial charge is 0.312 e. The topological polar surface area (TPSA) is 80.5 Å². The lowest BCUT2D eigenvalue weighted by Crippen LogP contribution is -2.27. The van der Waals surface area contributed by atoms with Crippen LogP contribution in [0.3, 0.4) is 0 Å². The molecule has 1 aliphatic rings. The predicted octanol–water partition coefficient (Wildman–Crippen LogP) is 1.35. The number of nitrogens with zero attached hydrogens (tertiary/aromatic N) is 1. The van der Waals surface area contributed by atoms with Gasteiger partial charge in [0.15, 0.2) is 0 Å². The first kappa shape index (κ1) is 15.8. The van der Waals surface area contributed by atoms with Crippen molar-refractivity contribution in [1.29, 1.82) is 0 Å². The predicted molar refractivity (Wildman–Crippen MR) is 69.9 cm³/mol. The Hall–Kier alpha value is -1.61. The summed E-state index contributed by atoms with van der Waals surface area (Å²) in [6, 6.07) is 4.16. The molecule has 21 heavy (non-hydrogen) atoms. The van der Waals surface area contributed by atoms with Crippen molar-refractivity contribution in [3.05, 3.63) is 29.8 Å². The first-order chi connectivity index (χ1) is 9.56. The normalized spacial score (nSPS) is 20.1. The van der Waals surface area contributed by atoms with E-state index in [1.165, 1.54) is 17.0 Å². The molecule has 0 aromatic heterocycles. The molecule has 2 N–H and O–H groups in total. The molecule has 1 aromatic rings. The Kier molecular flexibility index (Phi) is 3.98. The van der Waals surface area contributed by atoms with Crippen LogP contribution in [-0.4, -0.2) is 26.6 Å². The molecular weight excluding hydrogens is 309 g/mol. The van der Waals surface area contributed by atoms with E-state index >= 15 is 0 Å². The van der Waals surface area contributed by atoms with Crippen molar-refractivity contribution in [2.45, 2.75) is 12.6 Å². The van der Waals surface area contributed by atoms with E-state index in [2.05, 4.69) is 0 Å². The lowest BCUT2D eigenvalue weighted by Gasteiger charge is -2.17. The van der Waals surface area contributed by atoms with Crippen molar-refractivity contribution in [1.82, 2.24) is 0 Å². The Bertz CT molecular complexity index is 641. The third-order valence-electron chi connectivity index (χ3n) is 3.18. The van der Waals surface area contributed by atoms with Crippen molar-refractivity contribution in [3.63, 3.8) is 0 Å². The molecule has 5 nitrogen and oxygen atoms in total. The molecule has 0 spiro atoms. The molecule has 0 saturated carbocycles. The highest BCUT2D eigenvalue weighted by atomic mass is 32.2. The second kappa shape index (κ2) is 5.30. The van der Waals surface area contributed by atoms with E-state index in [1.807, 2.05) is 0 Å². The number of nitrogens with two attached hydrogens (primary N) is 1. The summed E-state index contributed by atoms with van der Waals surface area (Å²) < 4.78 is 59.4. The molecular formula is C12H13F3N2O3S. The van der Waals surface area contributed by atoms with E-state index in [1.54, 1.807) is 0 Å². The fourth-order valence-electron chi connectivity index (χ4n) is 2.30. The monoisotopic (exact) mass is 322 g/mol. The van der Waals surface area contributed by atoms with Crippen molar-refractivity contribution in [3.8, 4) is 0 Å². The molecule has 1 aliphatic heterocycles. The van der Waals surface area contributed by atoms with Gasteiger partial charge in [0.25, 0.3) is 0 Å². The van der Waals surface area contributed by atoms with Gasteiger partial charge in [-0.25, -0.2) is 13.6 Å². The number of primary sulfonamides is 1. The summed E-state index contributed by atoms with van der Waals surface area (Å²) in [6.45, 7) is 0.126. The Balaban J connectivity index is 2.14. The Morgan fingerprint density at radius 2 is 1.81 bits per heavy atom. The molecule has 0 radical (unpaired) electrons. The number of alkyl halides is 3. The maximum atomic E-state index is 12.5. The third kappa shape index (κ3) is 3.94. The summed E-state index contributed by atoms with van der Waals surface area (Å²) in [5.41, 5.74) is -0.496. The summed E-state index contributed by atoms with van der Waals surface area (Å²) in [4.78, 5) is 13.1. The Labute approximate surface area is 119 Å². The number of rotatable bonds is 3. The molecule has 1 unspecified atom stereocenters. The minimum Gasteiger partial charge on any atom is -0.312 e. The molecule has 1 saturated heterocycles. The van der Waals surface area contributed by atoms with Crippen LogP contribution < -0.4 is 10.0 Å². The van der Waals surface area contributed by atoms with Gasteiger partial charge < -0.3 is 4.90 Å². The van der Waals surface area contributed by atoms with Crippen molar-refractivity contribution in [2.24, 2.45) is 11.1 Å². The highest BCUT2D eigenvalue weighted by Crippen LogP contribution is 2.32. The highest BCUT2D eigenvalue weighted by molar-refractivity contribution is 7.89. The summed E-state index contributed by atoms with van der Waals surface area (Å²) in [7, 11) is -3.69. The van der Waals surface area contributed by atoms with Gasteiger partial charge in [-0.15, -0.1) is 0 Å². The average Bonchev–Trinajstić information content (AvgIpc) is 2.66. The number of amides is 1. The van der Waals surface area contributed by atoms with E-state index in [4.69, 9.17) is 5.14 Å². The number of hydrogen-bond acceptors (Lipinski definition) is 3. The second-order valence-electron chi connectivity index (χ2n) is 4.95. The van der Waals surface area contributed by atoms with Crippen LogP contribution in [0, 0.1) is 5.92 Å². The molecule has 116 valence electrons. The van der Waals surface area contributed by atoms with Gasteiger partial charge in [-0.05, 0) is 24.3 Å². The highest BCUT2D eigenvalue weighted by Gasteiger charge is 2.34. The van der Waals surface area contributed by atoms with Crippen LogP contribution in [0.4, 0.5) is 18.9 Å². The molecule has 0 aliphatic carbocycles. The average molecular weight is 322 g/mol. The number of sulfonamides is 1. The third-order valence-corrected chi connectivity index (χ3v) is 4.12. The number of halogens is 3. The molecule has 1 amide bonds. The van der Waals surface area contributed by atoms with Gasteiger partial charge in [0.1, 0.15) is 0 Å². The number of carbonyl (C=O) groups excluding carboxylic acids is 1. The Morgan fingerprint density at radius 3 is 2.29 bits per heavy atom. The zero-order chi connectivity index (χ0) is 15.8. The van der Waals surface area contributed by atoms with Gasteiger partial charge in [-0.1, -0.05) is 0 Å². The minimum atomic E-state index is -4.44. The van der Waals surface area contributed by atoms with Crippen LogP contribution in [0.15, 0.2) is 24.3 Å². The molecule has 1 fully saturated rings. The van der Waals surface area contributed by atoms with Gasteiger partial charge in [-0.2, -0.15) is 13.2 Å². The first-order valence-corrected chi connectivity index (χ1v) is 7.76. The lowest BCUT2D eigenvalue weighted by molar-refractivity contribution is -0.137. The second-order valence-corrected chi connectivity index (χ2v) is 6.61. The van der Waals surface area contributed by atoms with E-state index in [0.29, 0.717) is 5.69 Å². The van der Waals surface area contributed by atoms with E-state index in [9.17, 15) is 26.4 Å². The summed E-state index contributed by atoms with van der Waals surface area (Å²) in [5.74, 6) is -1.10. The van der Waals surface area contributed by atoms with Gasteiger partial charge in [-0.3, -0.25) is 4.79 Å².